The van der Waals surface area contributed by atoms with E-state index < -0.39 is 17.5 Å². The summed E-state index contributed by atoms with van der Waals surface area (Å²) >= 11 is 0. The van der Waals surface area contributed by atoms with Gasteiger partial charge in [0.05, 0.1) is 11.3 Å². The molecule has 0 atom stereocenters. The van der Waals surface area contributed by atoms with Crippen molar-refractivity contribution in [2.24, 2.45) is 5.73 Å². The van der Waals surface area contributed by atoms with Crippen LogP contribution in [0.3, 0.4) is 0 Å². The average molecular weight is 273 g/mol. The van der Waals surface area contributed by atoms with Crippen LogP contribution >= 0.6 is 0 Å². The fraction of sp³-hybridized carbons (Fsp3) is 0. The van der Waals surface area contributed by atoms with Crippen molar-refractivity contribution in [1.29, 1.82) is 5.26 Å². The Kier molecular flexibility index (Phi) is 3.62. The standard InChI is InChI=1S/C14H9F2N3O/c15-12-9(7-17)3-6-11(13(12)16)19-10-4-1-8(2-5-10)14(18)20/h1-6,19H,(H2,18,20). The van der Waals surface area contributed by atoms with Crippen molar-refractivity contribution in [2.45, 2.75) is 0 Å². The summed E-state index contributed by atoms with van der Waals surface area (Å²) in [6.45, 7) is 0. The van der Waals surface area contributed by atoms with Gasteiger partial charge in [0.1, 0.15) is 6.07 Å². The van der Waals surface area contributed by atoms with Gasteiger partial charge in [-0.05, 0) is 36.4 Å². The fourth-order valence-electron chi connectivity index (χ4n) is 1.61. The van der Waals surface area contributed by atoms with Crippen LogP contribution in [-0.4, -0.2) is 5.91 Å². The number of anilines is 2. The number of nitrogens with one attached hydrogen (secondary N) is 1. The topological polar surface area (TPSA) is 78.9 Å². The molecule has 0 aliphatic heterocycles. The molecule has 0 heterocycles. The zero-order chi connectivity index (χ0) is 14.7. The highest BCUT2D eigenvalue weighted by atomic mass is 19.2. The lowest BCUT2D eigenvalue weighted by atomic mass is 10.1. The van der Waals surface area contributed by atoms with Crippen LogP contribution < -0.4 is 11.1 Å². The highest BCUT2D eigenvalue weighted by Crippen LogP contribution is 2.24. The molecule has 2 aromatic rings. The quantitative estimate of drug-likeness (QED) is 0.902. The monoisotopic (exact) mass is 273 g/mol. The number of halogens is 2. The van der Waals surface area contributed by atoms with Gasteiger partial charge in [-0.1, -0.05) is 0 Å². The smallest absolute Gasteiger partial charge is 0.248 e. The molecule has 0 spiro atoms. The second-order valence-corrected chi connectivity index (χ2v) is 3.97. The maximum Gasteiger partial charge on any atom is 0.248 e. The van der Waals surface area contributed by atoms with Crippen molar-refractivity contribution in [2.75, 3.05) is 5.32 Å². The molecule has 0 radical (unpaired) electrons. The van der Waals surface area contributed by atoms with Gasteiger partial charge in [-0.15, -0.1) is 0 Å². The maximum absolute atomic E-state index is 13.7. The van der Waals surface area contributed by atoms with E-state index in [0.717, 1.165) is 0 Å². The van der Waals surface area contributed by atoms with Crippen LogP contribution in [0.2, 0.25) is 0 Å². The number of benzene rings is 2. The number of nitrogens with two attached hydrogens (primary N) is 1. The number of hydrogen-bond acceptors (Lipinski definition) is 3. The molecule has 20 heavy (non-hydrogen) atoms. The van der Waals surface area contributed by atoms with E-state index in [4.69, 9.17) is 11.0 Å². The molecule has 0 saturated heterocycles. The van der Waals surface area contributed by atoms with Gasteiger partial charge in [-0.25, -0.2) is 8.78 Å². The summed E-state index contributed by atoms with van der Waals surface area (Å²) in [7, 11) is 0. The molecule has 2 rings (SSSR count). The zero-order valence-corrected chi connectivity index (χ0v) is 10.2. The molecular formula is C14H9F2N3O. The molecule has 0 bridgehead atoms. The lowest BCUT2D eigenvalue weighted by Crippen LogP contribution is -2.10. The molecule has 1 amide bonds. The first-order valence-corrected chi connectivity index (χ1v) is 5.58. The van der Waals surface area contributed by atoms with Crippen LogP contribution in [0.15, 0.2) is 36.4 Å². The van der Waals surface area contributed by atoms with Crippen molar-refractivity contribution in [3.8, 4) is 6.07 Å². The Balaban J connectivity index is 2.29. The van der Waals surface area contributed by atoms with Crippen LogP contribution in [0.4, 0.5) is 20.2 Å². The molecule has 2 aromatic carbocycles. The molecule has 3 N–H and O–H groups in total. The molecule has 0 aliphatic carbocycles. The zero-order valence-electron chi connectivity index (χ0n) is 10.2. The highest BCUT2D eigenvalue weighted by molar-refractivity contribution is 5.93. The SMILES string of the molecule is N#Cc1ccc(Nc2ccc(C(N)=O)cc2)c(F)c1F. The summed E-state index contributed by atoms with van der Waals surface area (Å²) in [5.74, 6) is -2.92. The summed E-state index contributed by atoms with van der Waals surface area (Å²) < 4.78 is 27.1. The van der Waals surface area contributed by atoms with Gasteiger partial charge in [-0.2, -0.15) is 5.26 Å². The van der Waals surface area contributed by atoms with Crippen LogP contribution in [0.5, 0.6) is 0 Å². The van der Waals surface area contributed by atoms with Gasteiger partial charge in [0, 0.05) is 11.3 Å². The van der Waals surface area contributed by atoms with Gasteiger partial charge in [-0.3, -0.25) is 4.79 Å². The molecule has 100 valence electrons. The summed E-state index contributed by atoms with van der Waals surface area (Å²) in [4.78, 5) is 10.9. The van der Waals surface area contributed by atoms with E-state index >= 15 is 0 Å². The largest absolute Gasteiger partial charge is 0.366 e. The number of rotatable bonds is 3. The van der Waals surface area contributed by atoms with Gasteiger partial charge in [0.25, 0.3) is 0 Å². The second kappa shape index (κ2) is 5.36. The third-order valence-electron chi connectivity index (χ3n) is 2.65. The third kappa shape index (κ3) is 2.57. The van der Waals surface area contributed by atoms with Crippen molar-refractivity contribution < 1.29 is 13.6 Å². The first-order valence-electron chi connectivity index (χ1n) is 5.58. The Bertz CT molecular complexity index is 706. The van der Waals surface area contributed by atoms with Gasteiger partial charge < -0.3 is 11.1 Å². The van der Waals surface area contributed by atoms with E-state index in [1.807, 2.05) is 0 Å². The van der Waals surface area contributed by atoms with E-state index in [2.05, 4.69) is 5.32 Å². The minimum atomic E-state index is -1.20. The number of primary amides is 1. The maximum atomic E-state index is 13.7. The molecule has 6 heteroatoms. The number of hydrogen-bond donors (Lipinski definition) is 2. The van der Waals surface area contributed by atoms with Crippen LogP contribution in [0, 0.1) is 23.0 Å². The minimum Gasteiger partial charge on any atom is -0.366 e. The number of nitriles is 1. The van der Waals surface area contributed by atoms with Crippen LogP contribution in [0.25, 0.3) is 0 Å². The number of nitrogens with zero attached hydrogens (tertiary/aromatic N) is 1. The summed E-state index contributed by atoms with van der Waals surface area (Å²) in [5.41, 5.74) is 5.39. The third-order valence-corrected chi connectivity index (χ3v) is 2.65. The Morgan fingerprint density at radius 2 is 1.75 bits per heavy atom. The highest BCUT2D eigenvalue weighted by Gasteiger charge is 2.13. The lowest BCUT2D eigenvalue weighted by Gasteiger charge is -2.09. The first kappa shape index (κ1) is 13.5. The van der Waals surface area contributed by atoms with E-state index in [1.165, 1.54) is 36.4 Å². The second-order valence-electron chi connectivity index (χ2n) is 3.97. The van der Waals surface area contributed by atoms with Crippen molar-refractivity contribution in [3.05, 3.63) is 59.2 Å². The van der Waals surface area contributed by atoms with Crippen molar-refractivity contribution in [3.63, 3.8) is 0 Å². The van der Waals surface area contributed by atoms with Crippen molar-refractivity contribution in [1.82, 2.24) is 0 Å². The van der Waals surface area contributed by atoms with Crippen LogP contribution in [0.1, 0.15) is 15.9 Å². The fourth-order valence-corrected chi connectivity index (χ4v) is 1.61. The van der Waals surface area contributed by atoms with Crippen molar-refractivity contribution >= 4 is 17.3 Å². The predicted octanol–water partition coefficient (Wildman–Crippen LogP) is 2.68. The molecular weight excluding hydrogens is 264 g/mol. The van der Waals surface area contributed by atoms with Gasteiger partial charge in [0.15, 0.2) is 11.6 Å². The Hall–Kier alpha value is -2.94. The van der Waals surface area contributed by atoms with E-state index in [1.54, 1.807) is 6.07 Å². The minimum absolute atomic E-state index is 0.103. The van der Waals surface area contributed by atoms with E-state index in [9.17, 15) is 13.6 Å². The molecule has 0 fully saturated rings. The summed E-state index contributed by atoms with van der Waals surface area (Å²) in [5, 5.41) is 11.2. The van der Waals surface area contributed by atoms with Gasteiger partial charge in [0.2, 0.25) is 5.91 Å². The normalized spacial score (nSPS) is 9.85. The average Bonchev–Trinajstić information content (AvgIpc) is 2.45. The number of amides is 1. The number of carbonyl (C=O) groups is 1. The Labute approximate surface area is 113 Å². The first-order chi connectivity index (χ1) is 9.52. The Morgan fingerprint density at radius 1 is 1.10 bits per heavy atom. The summed E-state index contributed by atoms with van der Waals surface area (Å²) in [6, 6.07) is 9.94. The van der Waals surface area contributed by atoms with E-state index in [-0.39, 0.29) is 11.3 Å². The molecule has 4 nitrogen and oxygen atoms in total. The predicted molar refractivity (Wildman–Crippen MR) is 69.3 cm³/mol. The Morgan fingerprint density at radius 3 is 2.30 bits per heavy atom. The number of carbonyl (C=O) groups excluding carboxylic acids is 1. The van der Waals surface area contributed by atoms with Gasteiger partial charge >= 0.3 is 0 Å². The molecule has 0 saturated carbocycles. The molecule has 0 aliphatic rings. The molecule has 0 aromatic heterocycles. The summed E-state index contributed by atoms with van der Waals surface area (Å²) in [6.07, 6.45) is 0. The lowest BCUT2D eigenvalue weighted by molar-refractivity contribution is 0.100. The molecule has 0 unspecified atom stereocenters. The van der Waals surface area contributed by atoms with Crippen LogP contribution in [-0.2, 0) is 0 Å². The van der Waals surface area contributed by atoms with E-state index in [0.29, 0.717) is 11.3 Å².